The lowest BCUT2D eigenvalue weighted by atomic mass is 10.2. The topological polar surface area (TPSA) is 92.8 Å². The molecule has 144 valence electrons. The number of piperidine rings is 1. The van der Waals surface area contributed by atoms with Crippen LogP contribution in [-0.2, 0) is 24.3 Å². The number of benzene rings is 1. The van der Waals surface area contributed by atoms with E-state index in [2.05, 4.69) is 10.1 Å². The first-order valence-corrected chi connectivity index (χ1v) is 10.9. The molecule has 0 aliphatic carbocycles. The van der Waals surface area contributed by atoms with Crippen LogP contribution in [0.25, 0.3) is 0 Å². The molecule has 9 heteroatoms. The number of hydrogen-bond donors (Lipinski definition) is 1. The van der Waals surface area contributed by atoms with E-state index >= 15 is 0 Å². The Balaban J connectivity index is 2.04. The van der Waals surface area contributed by atoms with Gasteiger partial charge in [0, 0.05) is 18.8 Å². The summed E-state index contributed by atoms with van der Waals surface area (Å²) in [6.45, 7) is 2.73. The van der Waals surface area contributed by atoms with E-state index in [1.165, 1.54) is 23.5 Å². The van der Waals surface area contributed by atoms with Crippen molar-refractivity contribution < 1.29 is 22.7 Å². The molecule has 1 aromatic rings. The van der Waals surface area contributed by atoms with E-state index in [0.717, 1.165) is 31.0 Å². The molecule has 1 saturated heterocycles. The van der Waals surface area contributed by atoms with Gasteiger partial charge >= 0.3 is 5.97 Å². The van der Waals surface area contributed by atoms with Crippen molar-refractivity contribution in [1.29, 1.82) is 0 Å². The fraction of sp³-hybridized carbons (Fsp3) is 0.529. The van der Waals surface area contributed by atoms with Crippen LogP contribution < -0.4 is 5.32 Å². The van der Waals surface area contributed by atoms with Crippen LogP contribution in [0, 0.1) is 0 Å². The van der Waals surface area contributed by atoms with Gasteiger partial charge in [0.15, 0.2) is 0 Å². The molecule has 26 heavy (non-hydrogen) atoms. The minimum atomic E-state index is -3.55. The van der Waals surface area contributed by atoms with Crippen LogP contribution in [0.3, 0.4) is 0 Å². The van der Waals surface area contributed by atoms with E-state index in [1.54, 1.807) is 19.1 Å². The Morgan fingerprint density at radius 1 is 1.27 bits per heavy atom. The number of anilines is 1. The molecule has 0 saturated carbocycles. The Hall–Kier alpha value is -1.58. The van der Waals surface area contributed by atoms with Crippen LogP contribution in [0.15, 0.2) is 29.2 Å². The number of carbonyl (C=O) groups is 2. The Labute approximate surface area is 158 Å². The highest BCUT2D eigenvalue weighted by Crippen LogP contribution is 2.23. The predicted molar refractivity (Wildman–Crippen MR) is 102 cm³/mol. The molecule has 1 fully saturated rings. The normalized spacial score (nSPS) is 16.7. The molecule has 0 radical (unpaired) electrons. The van der Waals surface area contributed by atoms with Gasteiger partial charge in [0.1, 0.15) is 0 Å². The summed E-state index contributed by atoms with van der Waals surface area (Å²) in [6.07, 6.45) is 2.78. The number of rotatable bonds is 7. The largest absolute Gasteiger partial charge is 0.468 e. The summed E-state index contributed by atoms with van der Waals surface area (Å²) in [5.41, 5.74) is 0.415. The van der Waals surface area contributed by atoms with E-state index in [-0.39, 0.29) is 16.6 Å². The fourth-order valence-corrected chi connectivity index (χ4v) is 4.84. The summed E-state index contributed by atoms with van der Waals surface area (Å²) in [7, 11) is -2.26. The van der Waals surface area contributed by atoms with Crippen LogP contribution in [0.5, 0.6) is 0 Å². The zero-order valence-electron chi connectivity index (χ0n) is 14.9. The Morgan fingerprint density at radius 2 is 1.96 bits per heavy atom. The van der Waals surface area contributed by atoms with Crippen LogP contribution >= 0.6 is 11.8 Å². The van der Waals surface area contributed by atoms with Gasteiger partial charge in [-0.25, -0.2) is 8.42 Å². The van der Waals surface area contributed by atoms with Crippen molar-refractivity contribution in [1.82, 2.24) is 4.31 Å². The molecule has 1 heterocycles. The van der Waals surface area contributed by atoms with Crippen molar-refractivity contribution in [2.75, 3.05) is 31.3 Å². The molecule has 1 amide bonds. The van der Waals surface area contributed by atoms with Crippen LogP contribution in [0.2, 0.25) is 0 Å². The number of hydrogen-bond acceptors (Lipinski definition) is 6. The van der Waals surface area contributed by atoms with Crippen molar-refractivity contribution >= 4 is 39.3 Å². The van der Waals surface area contributed by atoms with Gasteiger partial charge < -0.3 is 10.1 Å². The number of ether oxygens (including phenoxy) is 1. The van der Waals surface area contributed by atoms with Gasteiger partial charge in [-0.15, -0.1) is 11.8 Å². The third-order valence-electron chi connectivity index (χ3n) is 4.10. The summed E-state index contributed by atoms with van der Waals surface area (Å²) in [4.78, 5) is 23.6. The van der Waals surface area contributed by atoms with Crippen molar-refractivity contribution in [3.05, 3.63) is 24.3 Å². The van der Waals surface area contributed by atoms with Crippen LogP contribution in [-0.4, -0.2) is 55.8 Å². The van der Waals surface area contributed by atoms with Gasteiger partial charge in [-0.2, -0.15) is 4.31 Å². The third-order valence-corrected chi connectivity index (χ3v) is 7.11. The smallest absolute Gasteiger partial charge is 0.315 e. The Morgan fingerprint density at radius 3 is 2.62 bits per heavy atom. The van der Waals surface area contributed by atoms with Crippen LogP contribution in [0.4, 0.5) is 5.69 Å². The maximum absolute atomic E-state index is 12.7. The van der Waals surface area contributed by atoms with Crippen molar-refractivity contribution in [3.8, 4) is 0 Å². The van der Waals surface area contributed by atoms with Crippen molar-refractivity contribution in [2.45, 2.75) is 36.3 Å². The van der Waals surface area contributed by atoms with Crippen molar-refractivity contribution in [2.24, 2.45) is 0 Å². The summed E-state index contributed by atoms with van der Waals surface area (Å²) in [6, 6.07) is 6.26. The number of thioether (sulfide) groups is 1. The van der Waals surface area contributed by atoms with Gasteiger partial charge in [0.25, 0.3) is 0 Å². The molecule has 1 unspecified atom stereocenters. The maximum atomic E-state index is 12.7. The number of nitrogens with zero attached hydrogens (tertiary/aromatic N) is 1. The highest BCUT2D eigenvalue weighted by molar-refractivity contribution is 8.01. The second-order valence-corrected chi connectivity index (χ2v) is 9.28. The number of carbonyl (C=O) groups excluding carboxylic acids is 2. The fourth-order valence-electron chi connectivity index (χ4n) is 2.56. The van der Waals surface area contributed by atoms with Crippen LogP contribution in [0.1, 0.15) is 26.2 Å². The standard InChI is InChI=1S/C17H24N2O5S2/c1-13(25-12-16(20)24-2)17(21)18-14-7-6-8-15(11-14)26(22,23)19-9-4-3-5-10-19/h6-8,11,13H,3-5,9-10,12H2,1-2H3,(H,18,21). The molecule has 0 aromatic heterocycles. The summed E-state index contributed by atoms with van der Waals surface area (Å²) >= 11 is 1.16. The molecular weight excluding hydrogens is 376 g/mol. The molecule has 2 rings (SSSR count). The SMILES string of the molecule is COC(=O)CSC(C)C(=O)Nc1cccc(S(=O)(=O)N2CCCCC2)c1. The van der Waals surface area contributed by atoms with Crippen molar-refractivity contribution in [3.63, 3.8) is 0 Å². The quantitative estimate of drug-likeness (QED) is 0.705. The lowest BCUT2D eigenvalue weighted by Crippen LogP contribution is -2.35. The molecular formula is C17H24N2O5S2. The molecule has 7 nitrogen and oxygen atoms in total. The first-order valence-electron chi connectivity index (χ1n) is 8.44. The maximum Gasteiger partial charge on any atom is 0.315 e. The van der Waals surface area contributed by atoms with Gasteiger partial charge in [-0.1, -0.05) is 12.5 Å². The van der Waals surface area contributed by atoms with E-state index in [0.29, 0.717) is 18.8 Å². The summed E-state index contributed by atoms with van der Waals surface area (Å²) in [5, 5.41) is 2.23. The Kier molecular flexibility index (Phi) is 7.48. The average Bonchev–Trinajstić information content (AvgIpc) is 2.66. The number of nitrogens with one attached hydrogen (secondary N) is 1. The molecule has 0 spiro atoms. The van der Waals surface area contributed by atoms with E-state index in [9.17, 15) is 18.0 Å². The summed E-state index contributed by atoms with van der Waals surface area (Å²) < 4.78 is 31.5. The number of sulfonamides is 1. The van der Waals surface area contributed by atoms with Gasteiger partial charge in [0.05, 0.1) is 23.0 Å². The highest BCUT2D eigenvalue weighted by atomic mass is 32.2. The van der Waals surface area contributed by atoms with E-state index in [1.807, 2.05) is 0 Å². The second kappa shape index (κ2) is 9.38. The summed E-state index contributed by atoms with van der Waals surface area (Å²) in [5.74, 6) is -0.621. The first kappa shape index (κ1) is 20.7. The Bertz CT molecular complexity index is 745. The van der Waals surface area contributed by atoms with Gasteiger partial charge in [-0.3, -0.25) is 9.59 Å². The number of methoxy groups -OCH3 is 1. The zero-order valence-corrected chi connectivity index (χ0v) is 16.6. The van der Waals surface area contributed by atoms with E-state index in [4.69, 9.17) is 0 Å². The predicted octanol–water partition coefficient (Wildman–Crippen LogP) is 2.09. The average molecular weight is 401 g/mol. The zero-order chi connectivity index (χ0) is 19.2. The molecule has 1 N–H and O–H groups in total. The number of esters is 1. The molecule has 0 bridgehead atoms. The van der Waals surface area contributed by atoms with E-state index < -0.39 is 21.2 Å². The third kappa shape index (κ3) is 5.46. The molecule has 1 aliphatic rings. The molecule has 1 atom stereocenters. The highest BCUT2D eigenvalue weighted by Gasteiger charge is 2.26. The first-order chi connectivity index (χ1) is 12.3. The molecule has 1 aromatic carbocycles. The minimum absolute atomic E-state index is 0.0778. The van der Waals surface area contributed by atoms with Gasteiger partial charge in [0.2, 0.25) is 15.9 Å². The molecule has 1 aliphatic heterocycles. The number of amides is 1. The van der Waals surface area contributed by atoms with Gasteiger partial charge in [-0.05, 0) is 38.0 Å². The second-order valence-electron chi connectivity index (χ2n) is 6.01. The lowest BCUT2D eigenvalue weighted by Gasteiger charge is -2.26. The monoisotopic (exact) mass is 400 g/mol. The minimum Gasteiger partial charge on any atom is -0.468 e. The lowest BCUT2D eigenvalue weighted by molar-refractivity contribution is -0.137.